The third kappa shape index (κ3) is 2.81. The molecule has 0 spiro atoms. The van der Waals surface area contributed by atoms with Gasteiger partial charge in [0, 0.05) is 17.1 Å². The van der Waals surface area contributed by atoms with Crippen molar-refractivity contribution >= 4 is 39.2 Å². The molecule has 0 aliphatic carbocycles. The normalized spacial score (nSPS) is 28.3. The van der Waals surface area contributed by atoms with Gasteiger partial charge in [-0.3, -0.25) is 19.3 Å². The number of hydrogen-bond donors (Lipinski definition) is 0. The quantitative estimate of drug-likeness (QED) is 0.673. The molecule has 0 N–H and O–H groups in total. The molecule has 29 heavy (non-hydrogen) atoms. The first kappa shape index (κ1) is 18.5. The van der Waals surface area contributed by atoms with E-state index >= 15 is 0 Å². The van der Waals surface area contributed by atoms with Crippen LogP contribution in [0.2, 0.25) is 0 Å². The van der Waals surface area contributed by atoms with Crippen molar-refractivity contribution in [3.05, 3.63) is 76.3 Å². The highest BCUT2D eigenvalue weighted by Gasteiger charge is 2.64. The van der Waals surface area contributed by atoms with Gasteiger partial charge in [0.25, 0.3) is 0 Å². The Balaban J connectivity index is 1.51. The molecule has 2 saturated heterocycles. The molecule has 0 aromatic heterocycles. The van der Waals surface area contributed by atoms with Gasteiger partial charge < -0.3 is 0 Å². The van der Waals surface area contributed by atoms with E-state index in [1.807, 2.05) is 30.0 Å². The molecule has 0 radical (unpaired) electrons. The summed E-state index contributed by atoms with van der Waals surface area (Å²) in [5.74, 6) is -1.75. The third-order valence-electron chi connectivity index (χ3n) is 6.13. The van der Waals surface area contributed by atoms with E-state index in [0.29, 0.717) is 12.2 Å². The van der Waals surface area contributed by atoms with E-state index in [0.717, 1.165) is 15.6 Å². The van der Waals surface area contributed by atoms with Crippen molar-refractivity contribution in [2.24, 2.45) is 11.8 Å². The maximum atomic E-state index is 13.3. The zero-order valence-corrected chi connectivity index (χ0v) is 17.4. The molecular formula is C23H19BrN2O3. The molecule has 2 fully saturated rings. The van der Waals surface area contributed by atoms with E-state index < -0.39 is 17.9 Å². The van der Waals surface area contributed by atoms with Crippen LogP contribution in [0.4, 0.5) is 5.69 Å². The second-order valence-electron chi connectivity index (χ2n) is 7.90. The predicted molar refractivity (Wildman–Crippen MR) is 112 cm³/mol. The number of amides is 2. The number of fused-ring (bicyclic) bond motifs is 5. The number of aryl methyl sites for hydroxylation is 1. The van der Waals surface area contributed by atoms with Crippen LogP contribution < -0.4 is 4.90 Å². The predicted octanol–water partition coefficient (Wildman–Crippen LogP) is 3.26. The van der Waals surface area contributed by atoms with Gasteiger partial charge in [0.15, 0.2) is 5.78 Å². The van der Waals surface area contributed by atoms with Gasteiger partial charge in [-0.2, -0.15) is 0 Å². The average Bonchev–Trinajstić information content (AvgIpc) is 3.07. The molecule has 3 aliphatic heterocycles. The van der Waals surface area contributed by atoms with Gasteiger partial charge in [0.1, 0.15) is 0 Å². The SMILES string of the molecule is Cc1cccc(CN2[C@@H]3C(=O)C=C[C@H]2[C@@H]2C(=O)N(c4ccc(Br)cc4)C(=O)[C@@H]23)c1. The highest BCUT2D eigenvalue weighted by Crippen LogP contribution is 2.47. The standard InChI is InChI=1S/C23H19BrN2O3/c1-13-3-2-4-14(11-13)12-25-17-9-10-18(27)21(25)20-19(17)22(28)26(23(20)29)16-7-5-15(24)6-8-16/h2-11,17,19-21H,12H2,1H3/t17-,19-,20-,21+/m0/s1. The van der Waals surface area contributed by atoms with E-state index in [1.54, 1.807) is 36.4 Å². The number of carbonyl (C=O) groups is 3. The van der Waals surface area contributed by atoms with Crippen LogP contribution in [0.15, 0.2) is 65.2 Å². The topological polar surface area (TPSA) is 57.7 Å². The van der Waals surface area contributed by atoms with Gasteiger partial charge in [0.2, 0.25) is 11.8 Å². The van der Waals surface area contributed by atoms with Gasteiger partial charge >= 0.3 is 0 Å². The number of carbonyl (C=O) groups excluding carboxylic acids is 3. The first-order valence-corrected chi connectivity index (χ1v) is 10.4. The van der Waals surface area contributed by atoms with E-state index in [2.05, 4.69) is 22.0 Å². The molecule has 6 heteroatoms. The fourth-order valence-corrected chi connectivity index (χ4v) is 5.20. The van der Waals surface area contributed by atoms with E-state index in [9.17, 15) is 14.4 Å². The Kier molecular flexibility index (Phi) is 4.29. The van der Waals surface area contributed by atoms with Gasteiger partial charge in [0.05, 0.1) is 23.6 Å². The molecule has 2 aromatic carbocycles. The van der Waals surface area contributed by atoms with Crippen LogP contribution in [0, 0.1) is 18.8 Å². The highest BCUT2D eigenvalue weighted by molar-refractivity contribution is 9.10. The molecule has 0 saturated carbocycles. The smallest absolute Gasteiger partial charge is 0.239 e. The zero-order valence-electron chi connectivity index (χ0n) is 15.8. The van der Waals surface area contributed by atoms with Gasteiger partial charge in [-0.1, -0.05) is 51.8 Å². The average molecular weight is 451 g/mol. The monoisotopic (exact) mass is 450 g/mol. The molecule has 3 heterocycles. The van der Waals surface area contributed by atoms with Crippen molar-refractivity contribution in [3.8, 4) is 0 Å². The second-order valence-corrected chi connectivity index (χ2v) is 8.81. The van der Waals surface area contributed by atoms with Crippen LogP contribution in [0.5, 0.6) is 0 Å². The van der Waals surface area contributed by atoms with Gasteiger partial charge in [-0.05, 0) is 42.8 Å². The van der Waals surface area contributed by atoms with Crippen molar-refractivity contribution in [2.75, 3.05) is 4.90 Å². The summed E-state index contributed by atoms with van der Waals surface area (Å²) in [5, 5.41) is 0. The van der Waals surface area contributed by atoms with Crippen LogP contribution in [0.1, 0.15) is 11.1 Å². The van der Waals surface area contributed by atoms with Crippen LogP contribution in [-0.2, 0) is 20.9 Å². The summed E-state index contributed by atoms with van der Waals surface area (Å²) in [6, 6.07) is 14.4. The van der Waals surface area contributed by atoms with Crippen molar-refractivity contribution in [1.82, 2.24) is 4.90 Å². The minimum Gasteiger partial charge on any atom is -0.293 e. The number of hydrogen-bond acceptors (Lipinski definition) is 4. The number of benzene rings is 2. The first-order valence-electron chi connectivity index (χ1n) is 9.62. The largest absolute Gasteiger partial charge is 0.293 e. The maximum Gasteiger partial charge on any atom is 0.239 e. The van der Waals surface area contributed by atoms with Gasteiger partial charge in [-0.25, -0.2) is 4.90 Å². The van der Waals surface area contributed by atoms with Crippen LogP contribution in [0.25, 0.3) is 0 Å². The van der Waals surface area contributed by atoms with Crippen molar-refractivity contribution < 1.29 is 14.4 Å². The number of anilines is 1. The fraction of sp³-hybridized carbons (Fsp3) is 0.261. The number of ketones is 1. The summed E-state index contributed by atoms with van der Waals surface area (Å²) in [6.45, 7) is 2.57. The highest BCUT2D eigenvalue weighted by atomic mass is 79.9. The number of imide groups is 1. The van der Waals surface area contributed by atoms with Crippen LogP contribution in [-0.4, -0.2) is 34.6 Å². The number of nitrogens with zero attached hydrogens (tertiary/aromatic N) is 2. The summed E-state index contributed by atoms with van der Waals surface area (Å²) in [4.78, 5) is 42.7. The van der Waals surface area contributed by atoms with Crippen molar-refractivity contribution in [3.63, 3.8) is 0 Å². The Morgan fingerprint density at radius 3 is 2.41 bits per heavy atom. The molecule has 0 unspecified atom stereocenters. The molecule has 5 nitrogen and oxygen atoms in total. The Morgan fingerprint density at radius 1 is 0.966 bits per heavy atom. The Hall–Kier alpha value is -2.57. The lowest BCUT2D eigenvalue weighted by molar-refractivity contribution is -0.129. The number of rotatable bonds is 3. The lowest BCUT2D eigenvalue weighted by Crippen LogP contribution is -2.48. The van der Waals surface area contributed by atoms with Crippen molar-refractivity contribution in [2.45, 2.75) is 25.6 Å². The minimum absolute atomic E-state index is 0.0970. The van der Waals surface area contributed by atoms with Crippen molar-refractivity contribution in [1.29, 1.82) is 0 Å². The van der Waals surface area contributed by atoms with E-state index in [4.69, 9.17) is 0 Å². The summed E-state index contributed by atoms with van der Waals surface area (Å²) in [5.41, 5.74) is 2.77. The van der Waals surface area contributed by atoms with E-state index in [-0.39, 0.29) is 23.6 Å². The Bertz CT molecular complexity index is 1060. The summed E-state index contributed by atoms with van der Waals surface area (Å²) in [7, 11) is 0. The molecule has 5 rings (SSSR count). The number of halogens is 1. The van der Waals surface area contributed by atoms with Gasteiger partial charge in [-0.15, -0.1) is 0 Å². The molecule has 2 aromatic rings. The molecule has 146 valence electrons. The Morgan fingerprint density at radius 2 is 1.69 bits per heavy atom. The molecule has 4 atom stereocenters. The molecule has 2 bridgehead atoms. The third-order valence-corrected chi connectivity index (χ3v) is 6.66. The fourth-order valence-electron chi connectivity index (χ4n) is 4.93. The zero-order chi connectivity index (χ0) is 20.3. The second kappa shape index (κ2) is 6.75. The minimum atomic E-state index is -0.636. The lowest BCUT2D eigenvalue weighted by Gasteiger charge is -2.33. The summed E-state index contributed by atoms with van der Waals surface area (Å²) in [6.07, 6.45) is 3.35. The Labute approximate surface area is 177 Å². The maximum absolute atomic E-state index is 13.3. The first-order chi connectivity index (χ1) is 14.0. The lowest BCUT2D eigenvalue weighted by atomic mass is 9.90. The van der Waals surface area contributed by atoms with E-state index in [1.165, 1.54) is 4.90 Å². The summed E-state index contributed by atoms with van der Waals surface area (Å²) >= 11 is 3.38. The molecule has 3 aliphatic rings. The van der Waals surface area contributed by atoms with Crippen LogP contribution in [0.3, 0.4) is 0 Å². The molecule has 2 amide bonds. The van der Waals surface area contributed by atoms with Crippen LogP contribution >= 0.6 is 15.9 Å². The summed E-state index contributed by atoms with van der Waals surface area (Å²) < 4.78 is 0.875. The molecular weight excluding hydrogens is 432 g/mol.